The molecule has 1 fully saturated rings. The van der Waals surface area contributed by atoms with Crippen LogP contribution in [0.15, 0.2) is 27.6 Å². The van der Waals surface area contributed by atoms with Crippen LogP contribution in [0.2, 0.25) is 0 Å². The highest BCUT2D eigenvalue weighted by atomic mass is 79.9. The van der Waals surface area contributed by atoms with Gasteiger partial charge in [0.25, 0.3) is 0 Å². The Labute approximate surface area is 112 Å². The lowest BCUT2D eigenvalue weighted by molar-refractivity contribution is 0.128. The fourth-order valence-electron chi connectivity index (χ4n) is 1.86. The van der Waals surface area contributed by atoms with E-state index in [0.29, 0.717) is 11.5 Å². The summed E-state index contributed by atoms with van der Waals surface area (Å²) < 4.78 is 23.9. The Bertz CT molecular complexity index is 416. The Morgan fingerprint density at radius 1 is 1.59 bits per heavy atom. The topological polar surface area (TPSA) is 35.5 Å². The molecule has 2 rings (SSSR count). The molecule has 2 atom stereocenters. The van der Waals surface area contributed by atoms with Crippen LogP contribution in [0.5, 0.6) is 5.75 Å². The first-order chi connectivity index (χ1) is 8.20. The molecule has 0 spiro atoms. The number of rotatable bonds is 4. The summed E-state index contributed by atoms with van der Waals surface area (Å²) in [4.78, 5) is 0.734. The molecule has 3 nitrogen and oxygen atoms in total. The van der Waals surface area contributed by atoms with Crippen molar-refractivity contribution in [2.75, 3.05) is 19.5 Å². The molecule has 0 radical (unpaired) electrons. The lowest BCUT2D eigenvalue weighted by Crippen LogP contribution is -2.16. The normalized spacial score (nSPS) is 21.4. The van der Waals surface area contributed by atoms with Crippen molar-refractivity contribution >= 4 is 26.7 Å². The summed E-state index contributed by atoms with van der Waals surface area (Å²) in [7, 11) is 0.518. The molecule has 0 unspecified atom stereocenters. The van der Waals surface area contributed by atoms with Crippen molar-refractivity contribution in [1.82, 2.24) is 0 Å². The zero-order chi connectivity index (χ0) is 12.3. The van der Waals surface area contributed by atoms with E-state index in [0.717, 1.165) is 28.8 Å². The molecule has 1 aliphatic rings. The van der Waals surface area contributed by atoms with Gasteiger partial charge in [-0.05, 0) is 31.0 Å². The average Bonchev–Trinajstić information content (AvgIpc) is 2.81. The SMILES string of the molecule is COc1ccc(Br)cc1[S@](=O)C[C@@H]1CCCO1. The standard InChI is InChI=1S/C12H15BrO3S/c1-15-11-5-4-9(13)7-12(11)17(14)8-10-3-2-6-16-10/h4-5,7,10H,2-3,6,8H2,1H3/t10-,17+/m0/s1. The van der Waals surface area contributed by atoms with Crippen LogP contribution in [0.25, 0.3) is 0 Å². The highest BCUT2D eigenvalue weighted by Gasteiger charge is 2.21. The molecule has 0 bridgehead atoms. The maximum atomic E-state index is 12.3. The molecular weight excluding hydrogens is 304 g/mol. The second-order valence-corrected chi connectivity index (χ2v) is 6.32. The second kappa shape index (κ2) is 5.98. The van der Waals surface area contributed by atoms with E-state index in [9.17, 15) is 4.21 Å². The van der Waals surface area contributed by atoms with E-state index in [-0.39, 0.29) is 6.10 Å². The summed E-state index contributed by atoms with van der Waals surface area (Å²) >= 11 is 3.39. The number of halogens is 1. The number of ether oxygens (including phenoxy) is 2. The van der Waals surface area contributed by atoms with Gasteiger partial charge in [0.2, 0.25) is 0 Å². The highest BCUT2D eigenvalue weighted by Crippen LogP contribution is 2.27. The van der Waals surface area contributed by atoms with Gasteiger partial charge in [-0.3, -0.25) is 4.21 Å². The predicted molar refractivity (Wildman–Crippen MR) is 70.9 cm³/mol. The number of methoxy groups -OCH3 is 1. The van der Waals surface area contributed by atoms with Crippen molar-refractivity contribution in [3.8, 4) is 5.75 Å². The van der Waals surface area contributed by atoms with Gasteiger partial charge in [0.1, 0.15) is 5.75 Å². The number of hydrogen-bond acceptors (Lipinski definition) is 3. The molecule has 17 heavy (non-hydrogen) atoms. The monoisotopic (exact) mass is 318 g/mol. The minimum Gasteiger partial charge on any atom is -0.495 e. The molecule has 0 aliphatic carbocycles. The summed E-state index contributed by atoms with van der Waals surface area (Å²) in [5, 5.41) is 0. The van der Waals surface area contributed by atoms with E-state index < -0.39 is 10.8 Å². The second-order valence-electron chi connectivity index (χ2n) is 3.94. The first-order valence-electron chi connectivity index (χ1n) is 5.54. The lowest BCUT2D eigenvalue weighted by atomic mass is 10.3. The zero-order valence-corrected chi connectivity index (χ0v) is 12.1. The van der Waals surface area contributed by atoms with E-state index in [4.69, 9.17) is 9.47 Å². The molecule has 0 amide bonds. The van der Waals surface area contributed by atoms with Gasteiger partial charge in [0.15, 0.2) is 0 Å². The molecule has 1 aliphatic heterocycles. The Kier molecular flexibility index (Phi) is 4.59. The van der Waals surface area contributed by atoms with Crippen molar-refractivity contribution in [2.24, 2.45) is 0 Å². The highest BCUT2D eigenvalue weighted by molar-refractivity contribution is 9.10. The van der Waals surface area contributed by atoms with Crippen LogP contribution in [-0.4, -0.2) is 29.8 Å². The van der Waals surface area contributed by atoms with Crippen molar-refractivity contribution in [1.29, 1.82) is 0 Å². The number of benzene rings is 1. The largest absolute Gasteiger partial charge is 0.495 e. The molecule has 0 N–H and O–H groups in total. The van der Waals surface area contributed by atoms with E-state index in [1.807, 2.05) is 18.2 Å². The minimum absolute atomic E-state index is 0.125. The minimum atomic E-state index is -1.07. The molecule has 0 aromatic heterocycles. The van der Waals surface area contributed by atoms with Gasteiger partial charge in [0.05, 0.1) is 34.7 Å². The van der Waals surface area contributed by atoms with Gasteiger partial charge >= 0.3 is 0 Å². The Morgan fingerprint density at radius 2 is 2.41 bits per heavy atom. The Morgan fingerprint density at radius 3 is 3.06 bits per heavy atom. The van der Waals surface area contributed by atoms with Gasteiger partial charge in [-0.2, -0.15) is 0 Å². The van der Waals surface area contributed by atoms with Crippen molar-refractivity contribution in [3.05, 3.63) is 22.7 Å². The molecule has 1 saturated heterocycles. The number of hydrogen-bond donors (Lipinski definition) is 0. The molecule has 1 aromatic carbocycles. The van der Waals surface area contributed by atoms with Crippen LogP contribution in [0.1, 0.15) is 12.8 Å². The van der Waals surface area contributed by atoms with Crippen molar-refractivity contribution < 1.29 is 13.7 Å². The maximum Gasteiger partial charge on any atom is 0.135 e. The molecule has 1 aromatic rings. The summed E-state index contributed by atoms with van der Waals surface area (Å²) in [6, 6.07) is 5.56. The van der Waals surface area contributed by atoms with Gasteiger partial charge in [0, 0.05) is 11.1 Å². The first-order valence-corrected chi connectivity index (χ1v) is 7.65. The Balaban J connectivity index is 2.14. The first kappa shape index (κ1) is 13.1. The van der Waals surface area contributed by atoms with Crippen LogP contribution >= 0.6 is 15.9 Å². The summed E-state index contributed by atoms with van der Waals surface area (Å²) in [5.74, 6) is 1.22. The average molecular weight is 319 g/mol. The van der Waals surface area contributed by atoms with Crippen LogP contribution in [0.3, 0.4) is 0 Å². The van der Waals surface area contributed by atoms with Crippen LogP contribution < -0.4 is 4.74 Å². The van der Waals surface area contributed by atoms with Gasteiger partial charge in [-0.1, -0.05) is 15.9 Å². The van der Waals surface area contributed by atoms with Crippen molar-refractivity contribution in [2.45, 2.75) is 23.8 Å². The molecular formula is C12H15BrO3S. The fraction of sp³-hybridized carbons (Fsp3) is 0.500. The molecule has 0 saturated carbocycles. The fourth-order valence-corrected chi connectivity index (χ4v) is 3.79. The van der Waals surface area contributed by atoms with E-state index in [1.54, 1.807) is 7.11 Å². The third kappa shape index (κ3) is 3.30. The lowest BCUT2D eigenvalue weighted by Gasteiger charge is -2.12. The van der Waals surface area contributed by atoms with Gasteiger partial charge in [-0.25, -0.2) is 0 Å². The van der Waals surface area contributed by atoms with Gasteiger partial charge < -0.3 is 9.47 Å². The Hall–Kier alpha value is -0.390. The predicted octanol–water partition coefficient (Wildman–Crippen LogP) is 2.74. The van der Waals surface area contributed by atoms with Crippen LogP contribution in [0, 0.1) is 0 Å². The molecule has 5 heteroatoms. The smallest absolute Gasteiger partial charge is 0.135 e. The van der Waals surface area contributed by atoms with E-state index in [2.05, 4.69) is 15.9 Å². The van der Waals surface area contributed by atoms with Gasteiger partial charge in [-0.15, -0.1) is 0 Å². The third-order valence-corrected chi connectivity index (χ3v) is 4.71. The summed E-state index contributed by atoms with van der Waals surface area (Å²) in [6.45, 7) is 0.789. The third-order valence-electron chi connectivity index (χ3n) is 2.73. The molecule has 94 valence electrons. The van der Waals surface area contributed by atoms with E-state index in [1.165, 1.54) is 0 Å². The van der Waals surface area contributed by atoms with Crippen molar-refractivity contribution in [3.63, 3.8) is 0 Å². The molecule has 1 heterocycles. The van der Waals surface area contributed by atoms with Crippen LogP contribution in [-0.2, 0) is 15.5 Å². The summed E-state index contributed by atoms with van der Waals surface area (Å²) in [5.41, 5.74) is 0. The van der Waals surface area contributed by atoms with Crippen LogP contribution in [0.4, 0.5) is 0 Å². The quantitative estimate of drug-likeness (QED) is 0.856. The maximum absolute atomic E-state index is 12.3. The van der Waals surface area contributed by atoms with E-state index >= 15 is 0 Å². The summed E-state index contributed by atoms with van der Waals surface area (Å²) in [6.07, 6.45) is 2.19. The zero-order valence-electron chi connectivity index (χ0n) is 9.65.